The van der Waals surface area contributed by atoms with Crippen molar-refractivity contribution in [3.63, 3.8) is 0 Å². The summed E-state index contributed by atoms with van der Waals surface area (Å²) in [7, 11) is 0. The smallest absolute Gasteiger partial charge is 0.271 e. The standard InChI is InChI=1S/C34H32Cl2N4O4/c1-18-10-19(2)24(12-21(18)17-44-30-9-6-22(35)11-20(30)3)31-25(16-37)33(38)39(27-13-23(40(42)43)7-8-26(27)36)28-14-34(4,5)15-29(41)32(28)31/h6-13,31H,14-15,17,38H2,1-5H3. The molecular weight excluding hydrogens is 599 g/mol. The van der Waals surface area contributed by atoms with Gasteiger partial charge in [-0.2, -0.15) is 5.26 Å². The van der Waals surface area contributed by atoms with E-state index in [9.17, 15) is 20.2 Å². The zero-order valence-electron chi connectivity index (χ0n) is 25.1. The van der Waals surface area contributed by atoms with Crippen molar-refractivity contribution < 1.29 is 14.5 Å². The van der Waals surface area contributed by atoms with Gasteiger partial charge in [0, 0.05) is 34.8 Å². The lowest BCUT2D eigenvalue weighted by atomic mass is 9.68. The highest BCUT2D eigenvalue weighted by atomic mass is 35.5. The number of ketones is 1. The van der Waals surface area contributed by atoms with Crippen molar-refractivity contribution in [2.24, 2.45) is 11.1 Å². The van der Waals surface area contributed by atoms with E-state index in [2.05, 4.69) is 6.07 Å². The van der Waals surface area contributed by atoms with Crippen LogP contribution in [0.25, 0.3) is 0 Å². The molecule has 1 aliphatic heterocycles. The van der Waals surface area contributed by atoms with Gasteiger partial charge in [-0.05, 0) is 84.7 Å². The van der Waals surface area contributed by atoms with E-state index in [0.717, 1.165) is 27.8 Å². The number of anilines is 1. The summed E-state index contributed by atoms with van der Waals surface area (Å²) in [5.74, 6) is -0.0557. The highest BCUT2D eigenvalue weighted by molar-refractivity contribution is 6.33. The van der Waals surface area contributed by atoms with Gasteiger partial charge < -0.3 is 10.5 Å². The fourth-order valence-electron chi connectivity index (χ4n) is 6.19. The number of hydrogen-bond donors (Lipinski definition) is 1. The molecule has 0 amide bonds. The Bertz CT molecular complexity index is 1840. The van der Waals surface area contributed by atoms with Gasteiger partial charge in [-0.25, -0.2) is 0 Å². The van der Waals surface area contributed by atoms with Gasteiger partial charge in [0.1, 0.15) is 18.2 Å². The van der Waals surface area contributed by atoms with Crippen LogP contribution in [0.4, 0.5) is 11.4 Å². The molecule has 0 saturated heterocycles. The van der Waals surface area contributed by atoms with Gasteiger partial charge in [0.2, 0.25) is 0 Å². The number of hydrogen-bond acceptors (Lipinski definition) is 7. The minimum absolute atomic E-state index is 0.0821. The Balaban J connectivity index is 1.69. The molecular formula is C34H32Cl2N4O4. The number of carbonyl (C=O) groups is 1. The van der Waals surface area contributed by atoms with E-state index in [1.54, 1.807) is 11.0 Å². The minimum atomic E-state index is -0.732. The second kappa shape index (κ2) is 11.6. The molecule has 0 bridgehead atoms. The van der Waals surface area contributed by atoms with Gasteiger partial charge in [0.15, 0.2) is 5.78 Å². The number of carbonyl (C=O) groups excluding carboxylic acids is 1. The third-order valence-electron chi connectivity index (χ3n) is 8.32. The van der Waals surface area contributed by atoms with Crippen molar-refractivity contribution in [1.82, 2.24) is 0 Å². The number of ether oxygens (including phenoxy) is 1. The lowest BCUT2D eigenvalue weighted by molar-refractivity contribution is -0.384. The molecule has 2 N–H and O–H groups in total. The number of nitro benzene ring substituents is 1. The summed E-state index contributed by atoms with van der Waals surface area (Å²) >= 11 is 12.7. The molecule has 0 aromatic heterocycles. The predicted molar refractivity (Wildman–Crippen MR) is 172 cm³/mol. The molecule has 44 heavy (non-hydrogen) atoms. The Kier molecular flexibility index (Phi) is 8.23. The van der Waals surface area contributed by atoms with E-state index in [1.807, 2.05) is 58.9 Å². The summed E-state index contributed by atoms with van der Waals surface area (Å²) < 4.78 is 6.17. The maximum Gasteiger partial charge on any atom is 0.271 e. The lowest BCUT2D eigenvalue weighted by Crippen LogP contribution is -2.42. The first-order valence-corrected chi connectivity index (χ1v) is 14.9. The van der Waals surface area contributed by atoms with Crippen molar-refractivity contribution in [3.05, 3.63) is 119 Å². The second-order valence-corrected chi connectivity index (χ2v) is 13.1. The van der Waals surface area contributed by atoms with Crippen LogP contribution in [0, 0.1) is 47.6 Å². The number of benzene rings is 3. The van der Waals surface area contributed by atoms with Gasteiger partial charge in [0.25, 0.3) is 5.69 Å². The monoisotopic (exact) mass is 630 g/mol. The molecule has 0 saturated carbocycles. The van der Waals surface area contributed by atoms with E-state index in [1.165, 1.54) is 18.2 Å². The van der Waals surface area contributed by atoms with Crippen LogP contribution in [0.15, 0.2) is 71.2 Å². The molecule has 0 spiro atoms. The third kappa shape index (κ3) is 5.66. The molecule has 3 aromatic carbocycles. The van der Waals surface area contributed by atoms with Crippen LogP contribution in [0.2, 0.25) is 10.0 Å². The molecule has 8 nitrogen and oxygen atoms in total. The number of halogens is 2. The number of aryl methyl sites for hydroxylation is 3. The van der Waals surface area contributed by atoms with Crippen LogP contribution in [0.1, 0.15) is 60.4 Å². The highest BCUT2D eigenvalue weighted by Gasteiger charge is 2.45. The van der Waals surface area contributed by atoms with Crippen molar-refractivity contribution in [2.75, 3.05) is 4.90 Å². The van der Waals surface area contributed by atoms with E-state index >= 15 is 0 Å². The predicted octanol–water partition coefficient (Wildman–Crippen LogP) is 8.35. The number of nitrogens with two attached hydrogens (primary N) is 1. The molecule has 1 heterocycles. The molecule has 1 atom stereocenters. The average Bonchev–Trinajstić information content (AvgIpc) is 2.93. The Morgan fingerprint density at radius 2 is 1.80 bits per heavy atom. The SMILES string of the molecule is Cc1cc(C)c(C2C(C#N)=C(N)N(c3cc([N+](=O)[O-])ccc3Cl)C3=C2C(=O)CC(C)(C)C3)cc1COc1ccc(Cl)cc1C. The number of nitriles is 1. The number of Topliss-reactive ketones (excluding diaryl/α,β-unsaturated/α-hetero) is 1. The summed E-state index contributed by atoms with van der Waals surface area (Å²) in [6, 6.07) is 15.8. The van der Waals surface area contributed by atoms with Gasteiger partial charge in [-0.15, -0.1) is 0 Å². The topological polar surface area (TPSA) is 122 Å². The van der Waals surface area contributed by atoms with Crippen molar-refractivity contribution in [3.8, 4) is 11.8 Å². The van der Waals surface area contributed by atoms with E-state index in [0.29, 0.717) is 28.5 Å². The van der Waals surface area contributed by atoms with E-state index in [-0.39, 0.29) is 46.6 Å². The minimum Gasteiger partial charge on any atom is -0.489 e. The van der Waals surface area contributed by atoms with Crippen LogP contribution < -0.4 is 15.4 Å². The molecule has 0 radical (unpaired) electrons. The van der Waals surface area contributed by atoms with Gasteiger partial charge in [-0.3, -0.25) is 19.8 Å². The Hall–Kier alpha value is -4.32. The third-order valence-corrected chi connectivity index (χ3v) is 8.87. The molecule has 10 heteroatoms. The maximum atomic E-state index is 14.0. The van der Waals surface area contributed by atoms with Crippen molar-refractivity contribution in [2.45, 2.75) is 60.0 Å². The Labute approximate surface area is 266 Å². The van der Waals surface area contributed by atoms with Crippen LogP contribution >= 0.6 is 23.2 Å². The molecule has 226 valence electrons. The number of allylic oxidation sites excluding steroid dienone is 3. The van der Waals surface area contributed by atoms with E-state index < -0.39 is 16.3 Å². The molecule has 1 unspecified atom stereocenters. The van der Waals surface area contributed by atoms with Crippen LogP contribution in [-0.4, -0.2) is 10.7 Å². The molecule has 1 aliphatic carbocycles. The van der Waals surface area contributed by atoms with Crippen LogP contribution in [-0.2, 0) is 11.4 Å². The van der Waals surface area contributed by atoms with Crippen molar-refractivity contribution >= 4 is 40.4 Å². The van der Waals surface area contributed by atoms with Crippen molar-refractivity contribution in [1.29, 1.82) is 5.26 Å². The summed E-state index contributed by atoms with van der Waals surface area (Å²) in [5.41, 5.74) is 12.1. The zero-order valence-corrected chi connectivity index (χ0v) is 26.6. The quantitative estimate of drug-likeness (QED) is 0.214. The summed E-state index contributed by atoms with van der Waals surface area (Å²) in [4.78, 5) is 26.7. The zero-order chi connectivity index (χ0) is 32.1. The van der Waals surface area contributed by atoms with Gasteiger partial charge in [-0.1, -0.05) is 49.2 Å². The molecule has 2 aliphatic rings. The summed E-state index contributed by atoms with van der Waals surface area (Å²) in [6.07, 6.45) is 0.716. The Morgan fingerprint density at radius 1 is 1.07 bits per heavy atom. The highest BCUT2D eigenvalue weighted by Crippen LogP contribution is 2.52. The molecule has 3 aromatic rings. The molecule has 5 rings (SSSR count). The summed E-state index contributed by atoms with van der Waals surface area (Å²) in [6.45, 7) is 10.1. The fourth-order valence-corrected chi connectivity index (χ4v) is 6.62. The molecule has 0 fully saturated rings. The maximum absolute atomic E-state index is 14.0. The first-order chi connectivity index (χ1) is 20.7. The van der Waals surface area contributed by atoms with Gasteiger partial charge >= 0.3 is 0 Å². The number of nitrogens with zero attached hydrogens (tertiary/aromatic N) is 3. The van der Waals surface area contributed by atoms with Gasteiger partial charge in [0.05, 0.1) is 33.2 Å². The number of nitro groups is 1. The normalized spacial score (nSPS) is 17.8. The fraction of sp³-hybridized carbons (Fsp3) is 0.294. The lowest BCUT2D eigenvalue weighted by Gasteiger charge is -2.44. The largest absolute Gasteiger partial charge is 0.489 e. The second-order valence-electron chi connectivity index (χ2n) is 12.2. The number of non-ortho nitro benzene ring substituents is 1. The van der Waals surface area contributed by atoms with Crippen LogP contribution in [0.3, 0.4) is 0 Å². The van der Waals surface area contributed by atoms with Crippen LogP contribution in [0.5, 0.6) is 5.75 Å². The summed E-state index contributed by atoms with van der Waals surface area (Å²) in [5, 5.41) is 23.0. The van der Waals surface area contributed by atoms with E-state index in [4.69, 9.17) is 33.7 Å². The number of rotatable bonds is 6. The first kappa shape index (κ1) is 31.1. The Morgan fingerprint density at radius 3 is 2.45 bits per heavy atom. The first-order valence-electron chi connectivity index (χ1n) is 14.1. The average molecular weight is 632 g/mol.